The Morgan fingerprint density at radius 2 is 2.00 bits per heavy atom. The first-order valence-corrected chi connectivity index (χ1v) is 6.10. The molecule has 0 unspecified atom stereocenters. The van der Waals surface area contributed by atoms with E-state index >= 15 is 0 Å². The van der Waals surface area contributed by atoms with E-state index < -0.39 is 0 Å². The molecule has 80 valence electrons. The third kappa shape index (κ3) is 1.53. The molecule has 2 heterocycles. The summed E-state index contributed by atoms with van der Waals surface area (Å²) in [5.74, 6) is 0. The van der Waals surface area contributed by atoms with Crippen molar-refractivity contribution in [1.82, 2.24) is 0 Å². The van der Waals surface area contributed by atoms with Crippen LogP contribution in [0.15, 0.2) is 22.7 Å². The van der Waals surface area contributed by atoms with E-state index in [-0.39, 0.29) is 5.60 Å². The molecule has 1 spiro atoms. The molecule has 0 N–H and O–H groups in total. The van der Waals surface area contributed by atoms with Gasteiger partial charge in [-0.3, -0.25) is 0 Å². The highest BCUT2D eigenvalue weighted by Crippen LogP contribution is 2.44. The molecule has 0 atom stereocenters. The second kappa shape index (κ2) is 3.58. The molecule has 2 aliphatic rings. The molecule has 0 saturated carbocycles. The first-order valence-electron chi connectivity index (χ1n) is 5.31. The number of rotatable bonds is 0. The van der Waals surface area contributed by atoms with Gasteiger partial charge in [0.2, 0.25) is 0 Å². The highest BCUT2D eigenvalue weighted by molar-refractivity contribution is 9.10. The normalized spacial score (nSPS) is 23.0. The van der Waals surface area contributed by atoms with Gasteiger partial charge in [0, 0.05) is 30.5 Å². The lowest BCUT2D eigenvalue weighted by Gasteiger charge is -2.33. The van der Waals surface area contributed by atoms with Crippen LogP contribution in [0.4, 0.5) is 0 Å². The Hall–Kier alpha value is -0.380. The highest BCUT2D eigenvalue weighted by Gasteiger charge is 2.41. The van der Waals surface area contributed by atoms with Gasteiger partial charge in [-0.1, -0.05) is 22.0 Å². The summed E-state index contributed by atoms with van der Waals surface area (Å²) in [6.07, 6.45) is 1.97. The number of hydrogen-bond acceptors (Lipinski definition) is 2. The average Bonchev–Trinajstić information content (AvgIpc) is 2.59. The van der Waals surface area contributed by atoms with Crippen LogP contribution in [-0.2, 0) is 21.7 Å². The van der Waals surface area contributed by atoms with Crippen LogP contribution in [0, 0.1) is 0 Å². The summed E-state index contributed by atoms with van der Waals surface area (Å²) in [5, 5.41) is 0. The van der Waals surface area contributed by atoms with E-state index in [0.717, 1.165) is 37.1 Å². The fraction of sp³-hybridized carbons (Fsp3) is 0.500. The molecule has 1 aromatic rings. The molecule has 1 fully saturated rings. The van der Waals surface area contributed by atoms with Gasteiger partial charge in [-0.25, -0.2) is 0 Å². The fourth-order valence-corrected chi connectivity index (χ4v) is 2.87. The zero-order chi connectivity index (χ0) is 10.3. The van der Waals surface area contributed by atoms with Crippen LogP contribution >= 0.6 is 15.9 Å². The quantitative estimate of drug-likeness (QED) is 0.720. The van der Waals surface area contributed by atoms with Crippen LogP contribution in [-0.4, -0.2) is 13.2 Å². The molecule has 2 aliphatic heterocycles. The largest absolute Gasteiger partial charge is 0.381 e. The Bertz CT molecular complexity index is 378. The van der Waals surface area contributed by atoms with Crippen LogP contribution in [0.3, 0.4) is 0 Å². The molecule has 15 heavy (non-hydrogen) atoms. The van der Waals surface area contributed by atoms with E-state index in [1.165, 1.54) is 11.1 Å². The second-order valence-electron chi connectivity index (χ2n) is 4.20. The predicted molar refractivity (Wildman–Crippen MR) is 60.7 cm³/mol. The number of benzene rings is 1. The average molecular weight is 269 g/mol. The Kier molecular flexibility index (Phi) is 2.34. The second-order valence-corrected chi connectivity index (χ2v) is 5.11. The summed E-state index contributed by atoms with van der Waals surface area (Å²) >= 11 is 3.53. The summed E-state index contributed by atoms with van der Waals surface area (Å²) < 4.78 is 12.6. The summed E-state index contributed by atoms with van der Waals surface area (Å²) in [4.78, 5) is 0. The van der Waals surface area contributed by atoms with Crippen LogP contribution in [0.25, 0.3) is 0 Å². The van der Waals surface area contributed by atoms with Crippen molar-refractivity contribution in [3.63, 3.8) is 0 Å². The van der Waals surface area contributed by atoms with Crippen molar-refractivity contribution in [2.45, 2.75) is 25.0 Å². The first kappa shape index (κ1) is 9.82. The van der Waals surface area contributed by atoms with E-state index in [4.69, 9.17) is 9.47 Å². The SMILES string of the molecule is Brc1ccc2c(c1)C1(CCOCC1)OC2. The zero-order valence-electron chi connectivity index (χ0n) is 8.46. The minimum atomic E-state index is -0.0582. The summed E-state index contributed by atoms with van der Waals surface area (Å²) in [7, 11) is 0. The Balaban J connectivity index is 2.05. The fourth-order valence-electron chi connectivity index (χ4n) is 2.51. The highest BCUT2D eigenvalue weighted by atomic mass is 79.9. The van der Waals surface area contributed by atoms with Crippen LogP contribution in [0.5, 0.6) is 0 Å². The van der Waals surface area contributed by atoms with Crippen molar-refractivity contribution >= 4 is 15.9 Å². The van der Waals surface area contributed by atoms with Crippen molar-refractivity contribution in [2.75, 3.05) is 13.2 Å². The summed E-state index contributed by atoms with van der Waals surface area (Å²) in [5.41, 5.74) is 2.64. The summed E-state index contributed by atoms with van der Waals surface area (Å²) in [6.45, 7) is 2.38. The molecule has 1 aromatic carbocycles. The van der Waals surface area contributed by atoms with E-state index in [1.54, 1.807) is 0 Å². The number of hydrogen-bond donors (Lipinski definition) is 0. The maximum absolute atomic E-state index is 6.01. The van der Waals surface area contributed by atoms with Gasteiger partial charge in [0.1, 0.15) is 0 Å². The lowest BCUT2D eigenvalue weighted by atomic mass is 9.86. The van der Waals surface area contributed by atoms with Gasteiger partial charge in [0.25, 0.3) is 0 Å². The van der Waals surface area contributed by atoms with Gasteiger partial charge in [-0.05, 0) is 23.3 Å². The molecule has 0 amide bonds. The van der Waals surface area contributed by atoms with Gasteiger partial charge in [-0.2, -0.15) is 0 Å². The van der Waals surface area contributed by atoms with E-state index in [9.17, 15) is 0 Å². The molecule has 3 rings (SSSR count). The van der Waals surface area contributed by atoms with Crippen molar-refractivity contribution in [3.8, 4) is 0 Å². The molecule has 0 aliphatic carbocycles. The molecule has 1 saturated heterocycles. The first-order chi connectivity index (χ1) is 7.30. The van der Waals surface area contributed by atoms with Gasteiger partial charge in [0.05, 0.1) is 12.2 Å². The number of ether oxygens (including phenoxy) is 2. The van der Waals surface area contributed by atoms with Crippen LogP contribution in [0.1, 0.15) is 24.0 Å². The molecular weight excluding hydrogens is 256 g/mol. The number of fused-ring (bicyclic) bond motifs is 2. The van der Waals surface area contributed by atoms with Gasteiger partial charge in [0.15, 0.2) is 0 Å². The minimum Gasteiger partial charge on any atom is -0.381 e. The third-order valence-electron chi connectivity index (χ3n) is 3.37. The third-order valence-corrected chi connectivity index (χ3v) is 3.86. The molecule has 3 heteroatoms. The Morgan fingerprint density at radius 1 is 1.20 bits per heavy atom. The topological polar surface area (TPSA) is 18.5 Å². The molecular formula is C12H13BrO2. The van der Waals surface area contributed by atoms with Gasteiger partial charge in [-0.15, -0.1) is 0 Å². The molecule has 0 aromatic heterocycles. The van der Waals surface area contributed by atoms with E-state index in [2.05, 4.69) is 34.1 Å². The zero-order valence-corrected chi connectivity index (χ0v) is 10.0. The lowest BCUT2D eigenvalue weighted by Crippen LogP contribution is -2.33. The lowest BCUT2D eigenvalue weighted by molar-refractivity contribution is -0.107. The van der Waals surface area contributed by atoms with Crippen LogP contribution in [0.2, 0.25) is 0 Å². The molecule has 0 bridgehead atoms. The molecule has 0 radical (unpaired) electrons. The smallest absolute Gasteiger partial charge is 0.0983 e. The van der Waals surface area contributed by atoms with Crippen molar-refractivity contribution in [2.24, 2.45) is 0 Å². The van der Waals surface area contributed by atoms with E-state index in [0.29, 0.717) is 0 Å². The van der Waals surface area contributed by atoms with Crippen molar-refractivity contribution in [3.05, 3.63) is 33.8 Å². The van der Waals surface area contributed by atoms with Crippen LogP contribution < -0.4 is 0 Å². The van der Waals surface area contributed by atoms with E-state index in [1.807, 2.05) is 0 Å². The Morgan fingerprint density at radius 3 is 2.80 bits per heavy atom. The Labute approximate surface area is 97.7 Å². The summed E-state index contributed by atoms with van der Waals surface area (Å²) in [6, 6.07) is 6.44. The maximum atomic E-state index is 6.01. The standard InChI is InChI=1S/C12H13BrO2/c13-10-2-1-9-8-15-12(11(9)7-10)3-5-14-6-4-12/h1-2,7H,3-6,8H2. The number of halogens is 1. The maximum Gasteiger partial charge on any atom is 0.0983 e. The van der Waals surface area contributed by atoms with Crippen molar-refractivity contribution in [1.29, 1.82) is 0 Å². The van der Waals surface area contributed by atoms with Gasteiger partial charge < -0.3 is 9.47 Å². The minimum absolute atomic E-state index is 0.0582. The molecule has 2 nitrogen and oxygen atoms in total. The van der Waals surface area contributed by atoms with Crippen molar-refractivity contribution < 1.29 is 9.47 Å². The monoisotopic (exact) mass is 268 g/mol. The van der Waals surface area contributed by atoms with Gasteiger partial charge >= 0.3 is 0 Å². The predicted octanol–water partition coefficient (Wildman–Crippen LogP) is 2.99.